The van der Waals surface area contributed by atoms with Crippen molar-refractivity contribution in [1.29, 1.82) is 0 Å². The Bertz CT molecular complexity index is 520. The van der Waals surface area contributed by atoms with Crippen molar-refractivity contribution in [3.63, 3.8) is 0 Å². The van der Waals surface area contributed by atoms with Crippen LogP contribution in [0.25, 0.3) is 0 Å². The molecular formula is C23H40O2Si. The van der Waals surface area contributed by atoms with Crippen LogP contribution in [-0.2, 0) is 0 Å². The highest BCUT2D eigenvalue weighted by atomic mass is 28.3. The van der Waals surface area contributed by atoms with Crippen LogP contribution in [0.4, 0.5) is 0 Å². The van der Waals surface area contributed by atoms with E-state index in [0.717, 1.165) is 11.5 Å². The molecule has 0 atom stereocenters. The summed E-state index contributed by atoms with van der Waals surface area (Å²) >= 11 is 0. The van der Waals surface area contributed by atoms with Gasteiger partial charge in [-0.3, -0.25) is 0 Å². The molecule has 0 saturated heterocycles. The summed E-state index contributed by atoms with van der Waals surface area (Å²) in [4.78, 5) is 0. The smallest absolute Gasteiger partial charge is 0.125 e. The first-order valence-corrected chi connectivity index (χ1v) is 14.0. The Hall–Kier alpha value is -0.963. The van der Waals surface area contributed by atoms with Crippen molar-refractivity contribution in [2.75, 3.05) is 14.2 Å². The Morgan fingerprint density at radius 1 is 0.885 bits per heavy atom. The fourth-order valence-corrected chi connectivity index (χ4v) is 6.90. The van der Waals surface area contributed by atoms with Crippen molar-refractivity contribution in [3.8, 4) is 11.5 Å². The van der Waals surface area contributed by atoms with Crippen LogP contribution in [0.15, 0.2) is 12.1 Å². The van der Waals surface area contributed by atoms with Gasteiger partial charge in [-0.15, -0.1) is 0 Å². The van der Waals surface area contributed by atoms with Crippen LogP contribution in [0, 0.1) is 0 Å². The molecule has 0 aromatic heterocycles. The van der Waals surface area contributed by atoms with Gasteiger partial charge in [-0.25, -0.2) is 0 Å². The van der Waals surface area contributed by atoms with E-state index in [1.165, 1.54) is 81.0 Å². The highest BCUT2D eigenvalue weighted by Gasteiger charge is 2.28. The third kappa shape index (κ3) is 5.52. The van der Waals surface area contributed by atoms with Crippen molar-refractivity contribution < 1.29 is 9.47 Å². The highest BCUT2D eigenvalue weighted by Crippen LogP contribution is 2.42. The van der Waals surface area contributed by atoms with Crippen molar-refractivity contribution in [2.45, 2.75) is 96.2 Å². The van der Waals surface area contributed by atoms with E-state index in [2.05, 4.69) is 32.2 Å². The zero-order valence-electron chi connectivity index (χ0n) is 17.8. The zero-order valence-corrected chi connectivity index (χ0v) is 18.8. The first-order chi connectivity index (χ1) is 12.5. The van der Waals surface area contributed by atoms with E-state index < -0.39 is 8.07 Å². The first-order valence-electron chi connectivity index (χ1n) is 10.8. The van der Waals surface area contributed by atoms with Crippen LogP contribution in [0.2, 0.25) is 19.1 Å². The Kier molecular flexibility index (Phi) is 8.53. The molecule has 1 aliphatic rings. The summed E-state index contributed by atoms with van der Waals surface area (Å²) in [5, 5.41) is 1.49. The highest BCUT2D eigenvalue weighted by molar-refractivity contribution is 6.89. The minimum atomic E-state index is -1.47. The topological polar surface area (TPSA) is 18.5 Å². The normalized spacial score (nSPS) is 16.3. The van der Waals surface area contributed by atoms with Gasteiger partial charge in [0.1, 0.15) is 11.5 Å². The van der Waals surface area contributed by atoms with Gasteiger partial charge in [-0.05, 0) is 30.9 Å². The van der Waals surface area contributed by atoms with Gasteiger partial charge in [-0.1, -0.05) is 82.6 Å². The number of hydrogen-bond donors (Lipinski definition) is 0. The summed E-state index contributed by atoms with van der Waals surface area (Å²) in [7, 11) is 2.19. The van der Waals surface area contributed by atoms with Crippen LogP contribution in [0.1, 0.15) is 82.6 Å². The molecule has 1 saturated carbocycles. The Balaban J connectivity index is 2.29. The lowest BCUT2D eigenvalue weighted by atomic mass is 9.90. The standard InChI is InChI=1S/C23H40O2Si/c1-6-7-8-13-16-26(4,5)20-17-21(24-2)23(22(18-20)25-3)19-14-11-9-10-12-15-19/h17-19H,6-16H2,1-5H3. The Morgan fingerprint density at radius 3 is 1.96 bits per heavy atom. The van der Waals surface area contributed by atoms with Gasteiger partial charge < -0.3 is 9.47 Å². The summed E-state index contributed by atoms with van der Waals surface area (Å²) in [6, 6.07) is 6.06. The molecule has 0 amide bonds. The molecular weight excluding hydrogens is 336 g/mol. The number of methoxy groups -OCH3 is 2. The Labute approximate surface area is 162 Å². The maximum absolute atomic E-state index is 5.90. The van der Waals surface area contributed by atoms with Gasteiger partial charge >= 0.3 is 0 Å². The molecule has 0 spiro atoms. The van der Waals surface area contributed by atoms with Gasteiger partial charge in [0, 0.05) is 5.56 Å². The average molecular weight is 377 g/mol. The molecule has 2 rings (SSSR count). The van der Waals surface area contributed by atoms with Crippen molar-refractivity contribution in [2.24, 2.45) is 0 Å². The number of unbranched alkanes of at least 4 members (excludes halogenated alkanes) is 3. The van der Waals surface area contributed by atoms with E-state index in [1.807, 2.05) is 14.2 Å². The van der Waals surface area contributed by atoms with Crippen molar-refractivity contribution in [3.05, 3.63) is 17.7 Å². The largest absolute Gasteiger partial charge is 0.496 e. The fourth-order valence-electron chi connectivity index (χ4n) is 4.44. The first kappa shape index (κ1) is 21.3. The number of hydrogen-bond acceptors (Lipinski definition) is 2. The van der Waals surface area contributed by atoms with E-state index in [-0.39, 0.29) is 0 Å². The number of ether oxygens (including phenoxy) is 2. The van der Waals surface area contributed by atoms with Gasteiger partial charge in [0.15, 0.2) is 0 Å². The molecule has 1 aromatic rings. The lowest BCUT2D eigenvalue weighted by Crippen LogP contribution is -2.41. The van der Waals surface area contributed by atoms with Crippen molar-refractivity contribution >= 4 is 13.3 Å². The summed E-state index contributed by atoms with van der Waals surface area (Å²) in [6.45, 7) is 7.28. The molecule has 1 fully saturated rings. The van der Waals surface area contributed by atoms with E-state index in [9.17, 15) is 0 Å². The quantitative estimate of drug-likeness (QED) is 0.273. The number of benzene rings is 1. The monoisotopic (exact) mass is 376 g/mol. The molecule has 0 bridgehead atoms. The minimum absolute atomic E-state index is 0.589. The third-order valence-corrected chi connectivity index (χ3v) is 9.70. The molecule has 0 N–H and O–H groups in total. The van der Waals surface area contributed by atoms with E-state index in [1.54, 1.807) is 0 Å². The van der Waals surface area contributed by atoms with Crippen molar-refractivity contribution in [1.82, 2.24) is 0 Å². The zero-order chi connectivity index (χ0) is 19.0. The lowest BCUT2D eigenvalue weighted by molar-refractivity contribution is 0.374. The lowest BCUT2D eigenvalue weighted by Gasteiger charge is -2.27. The molecule has 3 heteroatoms. The van der Waals surface area contributed by atoms with Crippen LogP contribution in [-0.4, -0.2) is 22.3 Å². The van der Waals surface area contributed by atoms with E-state index in [4.69, 9.17) is 9.47 Å². The molecule has 0 heterocycles. The third-order valence-electron chi connectivity index (χ3n) is 6.24. The van der Waals surface area contributed by atoms with Gasteiger partial charge in [0.05, 0.1) is 22.3 Å². The molecule has 0 unspecified atom stereocenters. The van der Waals surface area contributed by atoms with Gasteiger partial charge in [0.25, 0.3) is 0 Å². The van der Waals surface area contributed by atoms with Gasteiger partial charge in [-0.2, -0.15) is 0 Å². The molecule has 1 aromatic carbocycles. The predicted octanol–water partition coefficient (Wildman–Crippen LogP) is 6.64. The SMILES string of the molecule is CCCCCC[Si](C)(C)c1cc(OC)c(C2CCCCCC2)c(OC)c1. The fraction of sp³-hybridized carbons (Fsp3) is 0.739. The predicted molar refractivity (Wildman–Crippen MR) is 116 cm³/mol. The average Bonchev–Trinajstić information content (AvgIpc) is 2.93. The van der Waals surface area contributed by atoms with E-state index in [0.29, 0.717) is 5.92 Å². The summed E-state index contributed by atoms with van der Waals surface area (Å²) in [5.41, 5.74) is 1.33. The maximum atomic E-state index is 5.90. The summed E-state index contributed by atoms with van der Waals surface area (Å²) in [5.74, 6) is 2.73. The Morgan fingerprint density at radius 2 is 1.46 bits per heavy atom. The second-order valence-corrected chi connectivity index (χ2v) is 13.5. The summed E-state index contributed by atoms with van der Waals surface area (Å²) < 4.78 is 11.8. The molecule has 0 radical (unpaired) electrons. The van der Waals surface area contributed by atoms with Crippen LogP contribution < -0.4 is 14.7 Å². The molecule has 26 heavy (non-hydrogen) atoms. The maximum Gasteiger partial charge on any atom is 0.125 e. The number of rotatable bonds is 9. The summed E-state index contributed by atoms with van der Waals surface area (Å²) in [6.07, 6.45) is 13.3. The van der Waals surface area contributed by atoms with Gasteiger partial charge in [0.2, 0.25) is 0 Å². The van der Waals surface area contributed by atoms with Crippen LogP contribution in [0.5, 0.6) is 11.5 Å². The molecule has 2 nitrogen and oxygen atoms in total. The van der Waals surface area contributed by atoms with Crippen LogP contribution in [0.3, 0.4) is 0 Å². The molecule has 0 aliphatic heterocycles. The second kappa shape index (κ2) is 10.4. The molecule has 1 aliphatic carbocycles. The van der Waals surface area contributed by atoms with Crippen LogP contribution >= 0.6 is 0 Å². The van der Waals surface area contributed by atoms with E-state index >= 15 is 0 Å². The second-order valence-electron chi connectivity index (χ2n) is 8.68. The minimum Gasteiger partial charge on any atom is -0.496 e. The molecule has 148 valence electrons.